The van der Waals surface area contributed by atoms with Gasteiger partial charge in [-0.1, -0.05) is 0 Å². The van der Waals surface area contributed by atoms with Crippen LogP contribution >= 0.6 is 0 Å². The van der Waals surface area contributed by atoms with Gasteiger partial charge in [0.1, 0.15) is 0 Å². The van der Waals surface area contributed by atoms with Crippen molar-refractivity contribution in [3.63, 3.8) is 0 Å². The first-order valence-corrected chi connectivity index (χ1v) is 6.47. The number of aliphatic hydroxyl groups excluding tert-OH is 1. The third-order valence-corrected chi connectivity index (χ3v) is 2.98. The van der Waals surface area contributed by atoms with Crippen molar-refractivity contribution in [1.29, 1.82) is 0 Å². The van der Waals surface area contributed by atoms with Crippen LogP contribution in [0.4, 0.5) is 0 Å². The summed E-state index contributed by atoms with van der Waals surface area (Å²) < 4.78 is 4.76. The maximum Gasteiger partial charge on any atom is 0.339 e. The summed E-state index contributed by atoms with van der Waals surface area (Å²) in [5.41, 5.74) is 1.21. The quantitative estimate of drug-likeness (QED) is 0.757. The van der Waals surface area contributed by atoms with Gasteiger partial charge in [-0.15, -0.1) is 0 Å². The number of aliphatic hydroxyl groups is 1. The number of pyridine rings is 1. The third kappa shape index (κ3) is 4.61. The summed E-state index contributed by atoms with van der Waals surface area (Å²) in [5.74, 6) is -0.367. The second kappa shape index (κ2) is 7.86. The van der Waals surface area contributed by atoms with Gasteiger partial charge in [0.15, 0.2) is 0 Å². The van der Waals surface area contributed by atoms with Gasteiger partial charge in [-0.05, 0) is 32.4 Å². The SMILES string of the molecule is COC(=O)c1cccnc1CN(CCCO)C(C)C. The molecule has 0 aliphatic rings. The molecular weight excluding hydrogens is 244 g/mol. The molecule has 0 amide bonds. The van der Waals surface area contributed by atoms with Crippen molar-refractivity contribution in [1.82, 2.24) is 9.88 Å². The zero-order valence-corrected chi connectivity index (χ0v) is 11.8. The molecule has 0 saturated carbocycles. The van der Waals surface area contributed by atoms with E-state index in [9.17, 15) is 4.79 Å². The fraction of sp³-hybridized carbons (Fsp3) is 0.571. The smallest absolute Gasteiger partial charge is 0.339 e. The van der Waals surface area contributed by atoms with Gasteiger partial charge >= 0.3 is 5.97 Å². The minimum absolute atomic E-state index is 0.162. The molecule has 0 radical (unpaired) electrons. The number of carbonyl (C=O) groups excluding carboxylic acids is 1. The Morgan fingerprint density at radius 3 is 2.84 bits per heavy atom. The van der Waals surface area contributed by atoms with E-state index >= 15 is 0 Å². The Morgan fingerprint density at radius 1 is 1.53 bits per heavy atom. The van der Waals surface area contributed by atoms with Crippen molar-refractivity contribution >= 4 is 5.97 Å². The Labute approximate surface area is 114 Å². The van der Waals surface area contributed by atoms with Crippen LogP contribution in [0.25, 0.3) is 0 Å². The van der Waals surface area contributed by atoms with Crippen molar-refractivity contribution in [3.05, 3.63) is 29.6 Å². The minimum atomic E-state index is -0.367. The number of hydrogen-bond donors (Lipinski definition) is 1. The van der Waals surface area contributed by atoms with Crippen molar-refractivity contribution < 1.29 is 14.6 Å². The lowest BCUT2D eigenvalue weighted by Gasteiger charge is -2.26. The number of rotatable bonds is 7. The Kier molecular flexibility index (Phi) is 6.45. The highest BCUT2D eigenvalue weighted by atomic mass is 16.5. The zero-order valence-electron chi connectivity index (χ0n) is 11.8. The van der Waals surface area contributed by atoms with E-state index in [1.807, 2.05) is 0 Å². The predicted molar refractivity (Wildman–Crippen MR) is 72.8 cm³/mol. The monoisotopic (exact) mass is 266 g/mol. The fourth-order valence-electron chi connectivity index (χ4n) is 1.85. The predicted octanol–water partition coefficient (Wildman–Crippen LogP) is 1.46. The number of esters is 1. The van der Waals surface area contributed by atoms with Crippen LogP contribution in [0.15, 0.2) is 18.3 Å². The molecule has 5 nitrogen and oxygen atoms in total. The van der Waals surface area contributed by atoms with Crippen LogP contribution < -0.4 is 0 Å². The summed E-state index contributed by atoms with van der Waals surface area (Å²) in [6.45, 7) is 5.67. The summed E-state index contributed by atoms with van der Waals surface area (Å²) in [4.78, 5) is 18.1. The summed E-state index contributed by atoms with van der Waals surface area (Å²) in [6, 6.07) is 3.76. The molecular formula is C14H22N2O3. The van der Waals surface area contributed by atoms with Gasteiger partial charge in [0.2, 0.25) is 0 Å². The molecule has 1 N–H and O–H groups in total. The lowest BCUT2D eigenvalue weighted by Crippen LogP contribution is -2.32. The lowest BCUT2D eigenvalue weighted by atomic mass is 10.1. The maximum atomic E-state index is 11.7. The molecule has 1 aromatic rings. The van der Waals surface area contributed by atoms with E-state index in [1.165, 1.54) is 7.11 Å². The first-order chi connectivity index (χ1) is 9.10. The Hall–Kier alpha value is -1.46. The van der Waals surface area contributed by atoms with Crippen LogP contribution in [-0.2, 0) is 11.3 Å². The van der Waals surface area contributed by atoms with Crippen LogP contribution in [0.1, 0.15) is 36.3 Å². The molecule has 0 spiro atoms. The number of methoxy groups -OCH3 is 1. The number of ether oxygens (including phenoxy) is 1. The summed E-state index contributed by atoms with van der Waals surface area (Å²) in [6.07, 6.45) is 2.38. The highest BCUT2D eigenvalue weighted by Crippen LogP contribution is 2.12. The molecule has 0 bridgehead atoms. The molecule has 0 aliphatic heterocycles. The van der Waals surface area contributed by atoms with Gasteiger partial charge < -0.3 is 9.84 Å². The van der Waals surface area contributed by atoms with Crippen molar-refractivity contribution in [2.24, 2.45) is 0 Å². The molecule has 0 atom stereocenters. The largest absolute Gasteiger partial charge is 0.465 e. The second-order valence-electron chi connectivity index (χ2n) is 4.63. The summed E-state index contributed by atoms with van der Waals surface area (Å²) in [5, 5.41) is 8.93. The number of carbonyl (C=O) groups is 1. The van der Waals surface area contributed by atoms with Crippen molar-refractivity contribution in [2.45, 2.75) is 32.9 Å². The fourth-order valence-corrected chi connectivity index (χ4v) is 1.85. The van der Waals surface area contributed by atoms with Gasteiger partial charge in [0, 0.05) is 31.9 Å². The molecule has 0 aliphatic carbocycles. The van der Waals surface area contributed by atoms with Gasteiger partial charge in [-0.2, -0.15) is 0 Å². The molecule has 0 fully saturated rings. The molecule has 0 unspecified atom stereocenters. The van der Waals surface area contributed by atoms with Crippen LogP contribution in [0.3, 0.4) is 0 Å². The zero-order chi connectivity index (χ0) is 14.3. The molecule has 1 aromatic heterocycles. The molecule has 1 rings (SSSR count). The number of hydrogen-bond acceptors (Lipinski definition) is 5. The summed E-state index contributed by atoms with van der Waals surface area (Å²) in [7, 11) is 1.37. The number of aromatic nitrogens is 1. The highest BCUT2D eigenvalue weighted by Gasteiger charge is 2.17. The molecule has 0 saturated heterocycles. The van der Waals surface area contributed by atoms with E-state index in [4.69, 9.17) is 9.84 Å². The highest BCUT2D eigenvalue weighted by molar-refractivity contribution is 5.90. The Bertz CT molecular complexity index is 407. The van der Waals surface area contributed by atoms with E-state index in [1.54, 1.807) is 18.3 Å². The molecule has 106 valence electrons. The number of nitrogens with zero attached hydrogens (tertiary/aromatic N) is 2. The molecule has 1 heterocycles. The van der Waals surface area contributed by atoms with E-state index in [2.05, 4.69) is 23.7 Å². The van der Waals surface area contributed by atoms with Gasteiger partial charge in [-0.25, -0.2) is 4.79 Å². The second-order valence-corrected chi connectivity index (χ2v) is 4.63. The first kappa shape index (κ1) is 15.6. The first-order valence-electron chi connectivity index (χ1n) is 6.47. The van der Waals surface area contributed by atoms with Crippen LogP contribution in [0.2, 0.25) is 0 Å². The minimum Gasteiger partial charge on any atom is -0.465 e. The average Bonchev–Trinajstić information content (AvgIpc) is 2.42. The average molecular weight is 266 g/mol. The molecule has 19 heavy (non-hydrogen) atoms. The van der Waals surface area contributed by atoms with Gasteiger partial charge in [-0.3, -0.25) is 9.88 Å². The molecule has 5 heteroatoms. The lowest BCUT2D eigenvalue weighted by molar-refractivity contribution is 0.0596. The topological polar surface area (TPSA) is 62.7 Å². The van der Waals surface area contributed by atoms with Gasteiger partial charge in [0.05, 0.1) is 18.4 Å². The van der Waals surface area contributed by atoms with Crippen LogP contribution in [0, 0.1) is 0 Å². The van der Waals surface area contributed by atoms with E-state index in [0.29, 0.717) is 30.3 Å². The Balaban J connectivity index is 2.86. The normalized spacial score (nSPS) is 11.1. The van der Waals surface area contributed by atoms with Crippen LogP contribution in [0.5, 0.6) is 0 Å². The Morgan fingerprint density at radius 2 is 2.26 bits per heavy atom. The van der Waals surface area contributed by atoms with Crippen molar-refractivity contribution in [2.75, 3.05) is 20.3 Å². The summed E-state index contributed by atoms with van der Waals surface area (Å²) >= 11 is 0. The van der Waals surface area contributed by atoms with E-state index in [-0.39, 0.29) is 12.6 Å². The molecule has 0 aromatic carbocycles. The maximum absolute atomic E-state index is 11.7. The third-order valence-electron chi connectivity index (χ3n) is 2.98. The van der Waals surface area contributed by atoms with E-state index in [0.717, 1.165) is 6.54 Å². The van der Waals surface area contributed by atoms with Crippen LogP contribution in [-0.4, -0.2) is 47.3 Å². The van der Waals surface area contributed by atoms with E-state index < -0.39 is 0 Å². The standard InChI is InChI=1S/C14H22N2O3/c1-11(2)16(8-5-9-17)10-13-12(14(18)19-3)6-4-7-15-13/h4,6-7,11,17H,5,8-10H2,1-3H3. The van der Waals surface area contributed by atoms with Gasteiger partial charge in [0.25, 0.3) is 0 Å². The van der Waals surface area contributed by atoms with Crippen molar-refractivity contribution in [3.8, 4) is 0 Å².